The number of alkyl halides is 3. The molecule has 0 bridgehead atoms. The number of aliphatic hydroxyl groups is 1. The number of amides is 1. The SMILES string of the molecule is O=C(Nc1cccc(C2(C(F)(F)F)N=N2)c1)c1ccc(NS(=O)(=O)CCO)cc1. The molecule has 1 heterocycles. The maximum absolute atomic E-state index is 13.1. The minimum absolute atomic E-state index is 0.126. The van der Waals surface area contributed by atoms with Crippen molar-refractivity contribution in [2.45, 2.75) is 11.8 Å². The quantitative estimate of drug-likeness (QED) is 0.628. The van der Waals surface area contributed by atoms with Crippen molar-refractivity contribution >= 4 is 27.3 Å². The summed E-state index contributed by atoms with van der Waals surface area (Å²) >= 11 is 0. The first-order valence-corrected chi connectivity index (χ1v) is 9.86. The monoisotopic (exact) mass is 428 g/mol. The molecule has 3 N–H and O–H groups in total. The topological polar surface area (TPSA) is 120 Å². The van der Waals surface area contributed by atoms with Crippen LogP contribution in [0.15, 0.2) is 58.8 Å². The van der Waals surface area contributed by atoms with Crippen molar-refractivity contribution < 1.29 is 31.5 Å². The zero-order chi connectivity index (χ0) is 21.3. The third-order valence-corrected chi connectivity index (χ3v) is 5.27. The van der Waals surface area contributed by atoms with Crippen molar-refractivity contribution in [1.82, 2.24) is 0 Å². The van der Waals surface area contributed by atoms with E-state index in [9.17, 15) is 26.4 Å². The Labute approximate surface area is 163 Å². The minimum Gasteiger partial charge on any atom is -0.395 e. The molecule has 2 aromatic carbocycles. The number of nitrogens with one attached hydrogen (secondary N) is 2. The average Bonchev–Trinajstić information content (AvgIpc) is 3.44. The first-order chi connectivity index (χ1) is 13.6. The van der Waals surface area contributed by atoms with Gasteiger partial charge in [-0.3, -0.25) is 9.52 Å². The van der Waals surface area contributed by atoms with Gasteiger partial charge < -0.3 is 10.4 Å². The van der Waals surface area contributed by atoms with Gasteiger partial charge in [-0.25, -0.2) is 8.42 Å². The second kappa shape index (κ2) is 7.44. The van der Waals surface area contributed by atoms with Crippen molar-refractivity contribution in [3.8, 4) is 0 Å². The number of carbonyl (C=O) groups excluding carboxylic acids is 1. The normalized spacial score (nSPS) is 15.0. The molecule has 0 saturated heterocycles. The lowest BCUT2D eigenvalue weighted by molar-refractivity contribution is -0.166. The lowest BCUT2D eigenvalue weighted by Gasteiger charge is -2.15. The molecule has 1 aliphatic heterocycles. The Morgan fingerprint density at radius 3 is 2.28 bits per heavy atom. The minimum atomic E-state index is -4.67. The Kier molecular flexibility index (Phi) is 5.32. The van der Waals surface area contributed by atoms with Crippen molar-refractivity contribution in [2.24, 2.45) is 10.2 Å². The first kappa shape index (κ1) is 20.7. The molecule has 0 spiro atoms. The van der Waals surface area contributed by atoms with Crippen molar-refractivity contribution in [3.63, 3.8) is 0 Å². The highest BCUT2D eigenvalue weighted by atomic mass is 32.2. The molecule has 0 atom stereocenters. The number of hydrogen-bond acceptors (Lipinski definition) is 6. The fraction of sp³-hybridized carbons (Fsp3) is 0.235. The van der Waals surface area contributed by atoms with E-state index in [4.69, 9.17) is 5.11 Å². The highest BCUT2D eigenvalue weighted by Gasteiger charge is 2.65. The van der Waals surface area contributed by atoms with Gasteiger partial charge >= 0.3 is 11.8 Å². The van der Waals surface area contributed by atoms with Crippen molar-refractivity contribution in [1.29, 1.82) is 0 Å². The lowest BCUT2D eigenvalue weighted by Crippen LogP contribution is -2.30. The predicted octanol–water partition coefficient (Wildman–Crippen LogP) is 2.85. The summed E-state index contributed by atoms with van der Waals surface area (Å²) in [4.78, 5) is 12.3. The van der Waals surface area contributed by atoms with Crippen LogP contribution in [0.1, 0.15) is 15.9 Å². The van der Waals surface area contributed by atoms with E-state index in [2.05, 4.69) is 20.3 Å². The zero-order valence-electron chi connectivity index (χ0n) is 14.6. The first-order valence-electron chi connectivity index (χ1n) is 8.20. The molecule has 3 rings (SSSR count). The fourth-order valence-electron chi connectivity index (χ4n) is 2.50. The molecule has 1 aliphatic rings. The van der Waals surface area contributed by atoms with E-state index in [1.54, 1.807) is 0 Å². The fourth-order valence-corrected chi connectivity index (χ4v) is 3.34. The van der Waals surface area contributed by atoms with Crippen LogP contribution in [0.5, 0.6) is 0 Å². The van der Waals surface area contributed by atoms with Crippen LogP contribution in [0, 0.1) is 0 Å². The van der Waals surface area contributed by atoms with Gasteiger partial charge in [0, 0.05) is 22.5 Å². The van der Waals surface area contributed by atoms with Gasteiger partial charge in [-0.1, -0.05) is 12.1 Å². The van der Waals surface area contributed by atoms with Crippen molar-refractivity contribution in [2.75, 3.05) is 22.4 Å². The maximum atomic E-state index is 13.1. The Morgan fingerprint density at radius 1 is 1.07 bits per heavy atom. The molecule has 1 amide bonds. The lowest BCUT2D eigenvalue weighted by atomic mass is 10.0. The molecule has 154 valence electrons. The molecule has 0 saturated carbocycles. The summed E-state index contributed by atoms with van der Waals surface area (Å²) in [5.41, 5.74) is -2.31. The van der Waals surface area contributed by atoms with E-state index in [-0.39, 0.29) is 22.5 Å². The molecule has 8 nitrogen and oxygen atoms in total. The predicted molar refractivity (Wildman–Crippen MR) is 97.9 cm³/mol. The molecule has 29 heavy (non-hydrogen) atoms. The standard InChI is InChI=1S/C17H15F3N4O4S/c18-17(19,20)16(23-24-16)12-2-1-3-14(10-12)21-15(26)11-4-6-13(7-5-11)22-29(27,28)9-8-25/h1-7,10,22,25H,8-9H2,(H,21,26). The van der Waals surface area contributed by atoms with E-state index < -0.39 is 40.1 Å². The number of halogens is 3. The summed E-state index contributed by atoms with van der Waals surface area (Å²) in [6.07, 6.45) is -4.67. The second-order valence-electron chi connectivity index (χ2n) is 6.13. The second-order valence-corrected chi connectivity index (χ2v) is 7.97. The van der Waals surface area contributed by atoms with Gasteiger partial charge in [0.15, 0.2) is 0 Å². The molecular weight excluding hydrogens is 413 g/mol. The largest absolute Gasteiger partial charge is 0.442 e. The molecule has 0 fully saturated rings. The Morgan fingerprint density at radius 2 is 1.72 bits per heavy atom. The Balaban J connectivity index is 1.71. The number of aliphatic hydroxyl groups excluding tert-OH is 1. The van der Waals surface area contributed by atoms with Crippen LogP contribution in [0.25, 0.3) is 0 Å². The summed E-state index contributed by atoms with van der Waals surface area (Å²) in [5, 5.41) is 17.4. The van der Waals surface area contributed by atoms with Gasteiger partial charge in [0.1, 0.15) is 0 Å². The van der Waals surface area contributed by atoms with Gasteiger partial charge in [-0.2, -0.15) is 13.2 Å². The summed E-state index contributed by atoms with van der Waals surface area (Å²) in [7, 11) is -3.70. The van der Waals surface area contributed by atoms with E-state index in [0.717, 1.165) is 6.07 Å². The van der Waals surface area contributed by atoms with E-state index in [0.29, 0.717) is 0 Å². The summed E-state index contributed by atoms with van der Waals surface area (Å²) in [5.74, 6) is -1.07. The zero-order valence-corrected chi connectivity index (χ0v) is 15.5. The van der Waals surface area contributed by atoms with Gasteiger partial charge in [-0.05, 0) is 36.4 Å². The highest BCUT2D eigenvalue weighted by molar-refractivity contribution is 7.92. The molecule has 0 radical (unpaired) electrons. The van der Waals surface area contributed by atoms with Crippen LogP contribution in [-0.2, 0) is 15.7 Å². The smallest absolute Gasteiger partial charge is 0.395 e. The molecule has 0 aromatic heterocycles. The molecular formula is C17H15F3N4O4S. The number of nitrogens with zero attached hydrogens (tertiary/aromatic N) is 2. The van der Waals surface area contributed by atoms with Gasteiger partial charge in [0.05, 0.1) is 12.4 Å². The number of carbonyl (C=O) groups is 1. The summed E-state index contributed by atoms with van der Waals surface area (Å²) in [6, 6.07) is 10.5. The molecule has 12 heteroatoms. The maximum Gasteiger partial charge on any atom is 0.442 e. The Bertz CT molecular complexity index is 1050. The molecule has 0 unspecified atom stereocenters. The van der Waals surface area contributed by atoms with E-state index >= 15 is 0 Å². The third-order valence-electron chi connectivity index (χ3n) is 4.00. The van der Waals surface area contributed by atoms with E-state index in [1.165, 1.54) is 42.5 Å². The molecule has 2 aromatic rings. The van der Waals surface area contributed by atoms with Crippen LogP contribution < -0.4 is 10.0 Å². The van der Waals surface area contributed by atoms with Gasteiger partial charge in [0.25, 0.3) is 5.91 Å². The number of hydrogen-bond donors (Lipinski definition) is 3. The number of anilines is 2. The number of rotatable bonds is 7. The molecule has 0 aliphatic carbocycles. The van der Waals surface area contributed by atoms with Crippen LogP contribution in [0.2, 0.25) is 0 Å². The highest BCUT2D eigenvalue weighted by Crippen LogP contribution is 2.52. The average molecular weight is 428 g/mol. The summed E-state index contributed by atoms with van der Waals surface area (Å²) < 4.78 is 64.8. The van der Waals surface area contributed by atoms with Crippen LogP contribution in [0.4, 0.5) is 24.5 Å². The van der Waals surface area contributed by atoms with Gasteiger partial charge in [0.2, 0.25) is 10.0 Å². The van der Waals surface area contributed by atoms with Crippen LogP contribution in [0.3, 0.4) is 0 Å². The van der Waals surface area contributed by atoms with Crippen LogP contribution in [-0.4, -0.2) is 38.0 Å². The van der Waals surface area contributed by atoms with Crippen molar-refractivity contribution in [3.05, 3.63) is 59.7 Å². The number of sulfonamides is 1. The third kappa shape index (κ3) is 4.54. The van der Waals surface area contributed by atoms with Crippen LogP contribution >= 0.6 is 0 Å². The number of benzene rings is 2. The van der Waals surface area contributed by atoms with E-state index in [1.807, 2.05) is 0 Å². The summed E-state index contributed by atoms with van der Waals surface area (Å²) in [6.45, 7) is -0.537. The Hall–Kier alpha value is -2.99. The van der Waals surface area contributed by atoms with Gasteiger partial charge in [-0.15, -0.1) is 10.2 Å².